The quantitative estimate of drug-likeness (QED) is 0.437. The summed E-state index contributed by atoms with van der Waals surface area (Å²) in [5.74, 6) is -0.148. The molecule has 0 spiro atoms. The minimum absolute atomic E-state index is 0.203. The van der Waals surface area contributed by atoms with E-state index in [0.717, 1.165) is 6.42 Å². The number of amides is 2. The van der Waals surface area contributed by atoms with Crippen LogP contribution >= 0.6 is 0 Å². The molecule has 4 heteroatoms. The molecule has 0 aliphatic carbocycles. The van der Waals surface area contributed by atoms with Gasteiger partial charge in [0.05, 0.1) is 12.5 Å². The minimum atomic E-state index is -0.247. The topological polar surface area (TPSA) is 55.4 Å². The SMILES string of the molecule is C=C(/C=C\CC)OCC1CCC(=O)NC1=O. The Morgan fingerprint density at radius 2 is 2.38 bits per heavy atom. The van der Waals surface area contributed by atoms with Gasteiger partial charge >= 0.3 is 0 Å². The first-order chi connectivity index (χ1) is 7.63. The summed E-state index contributed by atoms with van der Waals surface area (Å²) in [5.41, 5.74) is 0. The number of carbonyl (C=O) groups is 2. The number of hydrogen-bond acceptors (Lipinski definition) is 3. The molecule has 1 saturated heterocycles. The molecule has 0 radical (unpaired) electrons. The molecule has 1 aliphatic heterocycles. The highest BCUT2D eigenvalue weighted by molar-refractivity contribution is 5.98. The fourth-order valence-corrected chi connectivity index (χ4v) is 1.40. The van der Waals surface area contributed by atoms with E-state index in [0.29, 0.717) is 18.6 Å². The van der Waals surface area contributed by atoms with Crippen LogP contribution in [0.5, 0.6) is 0 Å². The number of hydrogen-bond donors (Lipinski definition) is 1. The van der Waals surface area contributed by atoms with Crippen LogP contribution in [0.25, 0.3) is 0 Å². The number of carbonyl (C=O) groups excluding carboxylic acids is 2. The molecule has 1 aliphatic rings. The van der Waals surface area contributed by atoms with E-state index in [1.54, 1.807) is 6.08 Å². The van der Waals surface area contributed by atoms with Crippen LogP contribution in [-0.4, -0.2) is 18.4 Å². The first-order valence-electron chi connectivity index (χ1n) is 5.45. The van der Waals surface area contributed by atoms with Gasteiger partial charge in [-0.1, -0.05) is 19.6 Å². The van der Waals surface area contributed by atoms with Crippen molar-refractivity contribution in [1.29, 1.82) is 0 Å². The monoisotopic (exact) mass is 223 g/mol. The Hall–Kier alpha value is -1.58. The molecule has 0 aromatic heterocycles. The first kappa shape index (κ1) is 12.5. The molecule has 16 heavy (non-hydrogen) atoms. The molecule has 0 aromatic rings. The van der Waals surface area contributed by atoms with Crippen LogP contribution in [0, 0.1) is 5.92 Å². The zero-order chi connectivity index (χ0) is 12.0. The van der Waals surface area contributed by atoms with Crippen LogP contribution in [0.3, 0.4) is 0 Å². The first-order valence-corrected chi connectivity index (χ1v) is 5.45. The lowest BCUT2D eigenvalue weighted by Gasteiger charge is -2.20. The van der Waals surface area contributed by atoms with Crippen LogP contribution in [0.15, 0.2) is 24.5 Å². The summed E-state index contributed by atoms with van der Waals surface area (Å²) in [5, 5.41) is 2.29. The van der Waals surface area contributed by atoms with Crippen molar-refractivity contribution in [3.05, 3.63) is 24.5 Å². The fraction of sp³-hybridized carbons (Fsp3) is 0.500. The zero-order valence-electron chi connectivity index (χ0n) is 9.49. The van der Waals surface area contributed by atoms with Crippen molar-refractivity contribution >= 4 is 11.8 Å². The maximum absolute atomic E-state index is 11.4. The molecule has 0 saturated carbocycles. The van der Waals surface area contributed by atoms with E-state index in [1.807, 2.05) is 13.0 Å². The Bertz CT molecular complexity index is 320. The van der Waals surface area contributed by atoms with Crippen molar-refractivity contribution in [2.75, 3.05) is 6.61 Å². The van der Waals surface area contributed by atoms with E-state index in [-0.39, 0.29) is 24.3 Å². The predicted octanol–water partition coefficient (Wildman–Crippen LogP) is 1.54. The van der Waals surface area contributed by atoms with E-state index < -0.39 is 0 Å². The lowest BCUT2D eigenvalue weighted by molar-refractivity contribution is -0.137. The maximum atomic E-state index is 11.4. The third kappa shape index (κ3) is 3.88. The Balaban J connectivity index is 2.32. The van der Waals surface area contributed by atoms with Crippen molar-refractivity contribution in [3.63, 3.8) is 0 Å². The van der Waals surface area contributed by atoms with E-state index in [2.05, 4.69) is 11.9 Å². The Labute approximate surface area is 95.4 Å². The van der Waals surface area contributed by atoms with E-state index in [9.17, 15) is 9.59 Å². The summed E-state index contributed by atoms with van der Waals surface area (Å²) in [6.45, 7) is 6.01. The summed E-state index contributed by atoms with van der Waals surface area (Å²) in [7, 11) is 0. The highest BCUT2D eigenvalue weighted by atomic mass is 16.5. The lowest BCUT2D eigenvalue weighted by atomic mass is 9.99. The van der Waals surface area contributed by atoms with Gasteiger partial charge in [-0.2, -0.15) is 0 Å². The predicted molar refractivity (Wildman–Crippen MR) is 60.4 cm³/mol. The summed E-state index contributed by atoms with van der Waals surface area (Å²) < 4.78 is 5.34. The lowest BCUT2D eigenvalue weighted by Crippen LogP contribution is -2.42. The summed E-state index contributed by atoms with van der Waals surface area (Å²) in [6.07, 6.45) is 5.58. The Morgan fingerprint density at radius 1 is 1.62 bits per heavy atom. The summed E-state index contributed by atoms with van der Waals surface area (Å²) in [4.78, 5) is 22.3. The Kier molecular flexibility index (Phi) is 4.76. The summed E-state index contributed by atoms with van der Waals surface area (Å²) in [6, 6.07) is 0. The van der Waals surface area contributed by atoms with Gasteiger partial charge < -0.3 is 4.74 Å². The van der Waals surface area contributed by atoms with Gasteiger partial charge in [0, 0.05) is 6.42 Å². The number of rotatable bonds is 5. The molecule has 4 nitrogen and oxygen atoms in total. The zero-order valence-corrected chi connectivity index (χ0v) is 9.49. The van der Waals surface area contributed by atoms with Gasteiger partial charge in [-0.25, -0.2) is 0 Å². The van der Waals surface area contributed by atoms with Crippen molar-refractivity contribution in [2.45, 2.75) is 26.2 Å². The third-order valence-electron chi connectivity index (χ3n) is 2.36. The van der Waals surface area contributed by atoms with Crippen LogP contribution in [-0.2, 0) is 14.3 Å². The van der Waals surface area contributed by atoms with Gasteiger partial charge in [0.25, 0.3) is 0 Å². The van der Waals surface area contributed by atoms with Crippen LogP contribution in [0.2, 0.25) is 0 Å². The molecule has 1 rings (SSSR count). The average molecular weight is 223 g/mol. The fourth-order valence-electron chi connectivity index (χ4n) is 1.40. The van der Waals surface area contributed by atoms with Gasteiger partial charge in [-0.15, -0.1) is 0 Å². The van der Waals surface area contributed by atoms with E-state index >= 15 is 0 Å². The molecular weight excluding hydrogens is 206 g/mol. The molecule has 1 fully saturated rings. The van der Waals surface area contributed by atoms with Crippen LogP contribution in [0.4, 0.5) is 0 Å². The maximum Gasteiger partial charge on any atom is 0.233 e. The van der Waals surface area contributed by atoms with Crippen LogP contribution in [0.1, 0.15) is 26.2 Å². The van der Waals surface area contributed by atoms with Crippen molar-refractivity contribution in [2.24, 2.45) is 5.92 Å². The number of nitrogens with one attached hydrogen (secondary N) is 1. The molecule has 1 N–H and O–H groups in total. The molecule has 0 aromatic carbocycles. The highest BCUT2D eigenvalue weighted by Gasteiger charge is 2.26. The number of ether oxygens (including phenoxy) is 1. The van der Waals surface area contributed by atoms with Gasteiger partial charge in [-0.05, 0) is 18.9 Å². The second-order valence-electron chi connectivity index (χ2n) is 3.74. The van der Waals surface area contributed by atoms with E-state index in [1.165, 1.54) is 0 Å². The molecular formula is C12H17NO3. The van der Waals surface area contributed by atoms with Crippen molar-refractivity contribution < 1.29 is 14.3 Å². The molecule has 88 valence electrons. The van der Waals surface area contributed by atoms with E-state index in [4.69, 9.17) is 4.74 Å². The molecule has 2 amide bonds. The van der Waals surface area contributed by atoms with Crippen LogP contribution < -0.4 is 5.32 Å². The Morgan fingerprint density at radius 3 is 3.00 bits per heavy atom. The molecule has 1 heterocycles. The number of piperidine rings is 1. The standard InChI is InChI=1S/C12H17NO3/c1-3-4-5-9(2)16-8-10-6-7-11(14)13-12(10)15/h4-5,10H,2-3,6-8H2,1H3,(H,13,14,15)/b5-4-. The molecule has 1 atom stereocenters. The van der Waals surface area contributed by atoms with Crippen molar-refractivity contribution in [3.8, 4) is 0 Å². The van der Waals surface area contributed by atoms with Gasteiger partial charge in [0.15, 0.2) is 0 Å². The third-order valence-corrected chi connectivity index (χ3v) is 2.36. The average Bonchev–Trinajstić information content (AvgIpc) is 2.25. The van der Waals surface area contributed by atoms with Gasteiger partial charge in [0.2, 0.25) is 11.8 Å². The smallest absolute Gasteiger partial charge is 0.233 e. The van der Waals surface area contributed by atoms with Gasteiger partial charge in [0.1, 0.15) is 5.76 Å². The number of allylic oxidation sites excluding steroid dienone is 2. The largest absolute Gasteiger partial charge is 0.493 e. The van der Waals surface area contributed by atoms with Gasteiger partial charge in [-0.3, -0.25) is 14.9 Å². The highest BCUT2D eigenvalue weighted by Crippen LogP contribution is 2.14. The molecule has 0 bridgehead atoms. The normalized spacial score (nSPS) is 20.9. The molecule has 1 unspecified atom stereocenters. The minimum Gasteiger partial charge on any atom is -0.493 e. The van der Waals surface area contributed by atoms with Crippen molar-refractivity contribution in [1.82, 2.24) is 5.32 Å². The number of imide groups is 1. The second-order valence-corrected chi connectivity index (χ2v) is 3.74. The second kappa shape index (κ2) is 6.10. The summed E-state index contributed by atoms with van der Waals surface area (Å²) >= 11 is 0.